The van der Waals surface area contributed by atoms with E-state index in [1.165, 1.54) is 122 Å². The van der Waals surface area contributed by atoms with Crippen molar-refractivity contribution in [3.63, 3.8) is 0 Å². The van der Waals surface area contributed by atoms with Crippen molar-refractivity contribution >= 4 is 22.1 Å². The lowest BCUT2D eigenvalue weighted by Gasteiger charge is -2.40. The van der Waals surface area contributed by atoms with E-state index in [-0.39, 0.29) is 19.4 Å². The number of aliphatic hydroxyl groups excluding tert-OH is 3. The van der Waals surface area contributed by atoms with Crippen LogP contribution in [0, 0.1) is 0 Å². The molecule has 0 spiro atoms. The summed E-state index contributed by atoms with van der Waals surface area (Å²) in [7, 11) is -4.61. The average molecular weight is 969 g/mol. The first-order valence-corrected chi connectivity index (χ1v) is 28.3. The molecule has 1 heterocycles. The minimum Gasteiger partial charge on any atom is -0.462 e. The van der Waals surface area contributed by atoms with Gasteiger partial charge in [-0.2, -0.15) is 8.42 Å². The van der Waals surface area contributed by atoms with E-state index in [1.54, 1.807) is 0 Å². The molecule has 1 fully saturated rings. The topological polar surface area (TPSA) is 186 Å². The second kappa shape index (κ2) is 43.6. The molecule has 0 amide bonds. The molecule has 67 heavy (non-hydrogen) atoms. The summed E-state index contributed by atoms with van der Waals surface area (Å²) in [4.78, 5) is 25.5. The Hall–Kier alpha value is -2.39. The first-order valence-electron chi connectivity index (χ1n) is 26.7. The number of hydrogen-bond acceptors (Lipinski definition) is 11. The van der Waals surface area contributed by atoms with Crippen LogP contribution in [0.15, 0.2) is 48.6 Å². The zero-order valence-corrected chi connectivity index (χ0v) is 42.8. The third-order valence-electron chi connectivity index (χ3n) is 12.2. The molecule has 0 aromatic carbocycles. The Balaban J connectivity index is 2.38. The molecule has 1 aliphatic rings. The monoisotopic (exact) mass is 969 g/mol. The minimum absolute atomic E-state index is 0.127. The van der Waals surface area contributed by atoms with Gasteiger partial charge in [-0.05, 0) is 57.8 Å². The van der Waals surface area contributed by atoms with Crippen LogP contribution in [0.5, 0.6) is 0 Å². The van der Waals surface area contributed by atoms with Crippen LogP contribution in [0.25, 0.3) is 0 Å². The SMILES string of the molecule is CCCCC/C=C/C/C=C/C/C=C/C/C=C/CCCCCC(=O)O[C@H](COC(=O)CCCCCCCCCCCCCCCCCCCCCC)CO[C@H]1O[C@H](CS(=O)(=O)O)[C@@H](O)C(O)C1O. The van der Waals surface area contributed by atoms with Crippen LogP contribution in [0.3, 0.4) is 0 Å². The van der Waals surface area contributed by atoms with Crippen LogP contribution in [0.2, 0.25) is 0 Å². The lowest BCUT2D eigenvalue weighted by molar-refractivity contribution is -0.297. The van der Waals surface area contributed by atoms with Gasteiger partial charge in [0.2, 0.25) is 0 Å². The highest BCUT2D eigenvalue weighted by Gasteiger charge is 2.46. The summed E-state index contributed by atoms with van der Waals surface area (Å²) in [6.07, 6.45) is 44.3. The Morgan fingerprint density at radius 3 is 1.36 bits per heavy atom. The molecule has 12 nitrogen and oxygen atoms in total. The van der Waals surface area contributed by atoms with Gasteiger partial charge in [0.25, 0.3) is 10.1 Å². The van der Waals surface area contributed by atoms with E-state index < -0.39 is 71.2 Å². The fourth-order valence-corrected chi connectivity index (χ4v) is 8.71. The Morgan fingerprint density at radius 2 is 0.896 bits per heavy atom. The van der Waals surface area contributed by atoms with Crippen molar-refractivity contribution in [1.29, 1.82) is 0 Å². The first kappa shape index (κ1) is 62.6. The molecule has 0 aromatic heterocycles. The third-order valence-corrected chi connectivity index (χ3v) is 12.9. The lowest BCUT2D eigenvalue weighted by atomic mass is 10.00. The number of rotatable bonds is 45. The Bertz CT molecular complexity index is 1410. The number of hydrogen-bond donors (Lipinski definition) is 4. The van der Waals surface area contributed by atoms with Crippen LogP contribution < -0.4 is 0 Å². The fourth-order valence-electron chi connectivity index (χ4n) is 8.01. The molecule has 0 saturated carbocycles. The van der Waals surface area contributed by atoms with Crippen LogP contribution >= 0.6 is 0 Å². The van der Waals surface area contributed by atoms with E-state index in [0.29, 0.717) is 12.8 Å². The van der Waals surface area contributed by atoms with Crippen LogP contribution in [-0.2, 0) is 38.7 Å². The normalized spacial score (nSPS) is 19.6. The van der Waals surface area contributed by atoms with Gasteiger partial charge in [-0.15, -0.1) is 0 Å². The first-order chi connectivity index (χ1) is 32.5. The van der Waals surface area contributed by atoms with E-state index in [1.807, 2.05) is 0 Å². The predicted molar refractivity (Wildman–Crippen MR) is 270 cm³/mol. The summed E-state index contributed by atoms with van der Waals surface area (Å²) >= 11 is 0. The zero-order chi connectivity index (χ0) is 49.1. The standard InChI is InChI=1S/C54H96O12S/c1-3-5-7-9-11-13-15-17-19-21-23-25-26-28-30-32-34-36-38-40-42-49(55)63-44-47(45-64-54-53(59)52(58)51(57)48(66-54)46-67(60,61)62)65-50(56)43-41-39-37-35-33-31-29-27-24-22-20-18-16-14-12-10-8-6-4-2/h12,14,18,20,24,27,31,33,47-48,51-54,57-59H,3-11,13,15-17,19,21-23,25-26,28-30,32,34-46H2,1-2H3,(H,60,61,62)/b14-12+,20-18+,27-24+,33-31+/t47-,48-,51-,52?,53?,54+/m1/s1. The largest absolute Gasteiger partial charge is 0.462 e. The van der Waals surface area contributed by atoms with Gasteiger partial charge in [-0.25, -0.2) is 0 Å². The maximum Gasteiger partial charge on any atom is 0.306 e. The molecule has 1 aliphatic heterocycles. The molecular weight excluding hydrogens is 873 g/mol. The molecule has 13 heteroatoms. The number of esters is 2. The molecule has 0 bridgehead atoms. The van der Waals surface area contributed by atoms with E-state index in [2.05, 4.69) is 62.5 Å². The smallest absolute Gasteiger partial charge is 0.306 e. The maximum absolute atomic E-state index is 12.9. The van der Waals surface area contributed by atoms with E-state index >= 15 is 0 Å². The highest BCUT2D eigenvalue weighted by Crippen LogP contribution is 2.24. The molecule has 1 rings (SSSR count). The van der Waals surface area contributed by atoms with Gasteiger partial charge in [0.1, 0.15) is 36.8 Å². The average Bonchev–Trinajstić information content (AvgIpc) is 3.30. The Morgan fingerprint density at radius 1 is 0.507 bits per heavy atom. The van der Waals surface area contributed by atoms with Gasteiger partial charge in [-0.1, -0.05) is 204 Å². The quantitative estimate of drug-likeness (QED) is 0.0196. The van der Waals surface area contributed by atoms with Crippen LogP contribution in [0.4, 0.5) is 0 Å². The molecule has 6 atom stereocenters. The molecule has 2 unspecified atom stereocenters. The second-order valence-corrected chi connectivity index (χ2v) is 20.0. The maximum atomic E-state index is 12.9. The van der Waals surface area contributed by atoms with Crippen LogP contribution in [-0.4, -0.2) is 96.0 Å². The second-order valence-electron chi connectivity index (χ2n) is 18.5. The van der Waals surface area contributed by atoms with E-state index in [4.69, 9.17) is 18.9 Å². The van der Waals surface area contributed by atoms with Gasteiger partial charge < -0.3 is 34.3 Å². The highest BCUT2D eigenvalue weighted by molar-refractivity contribution is 7.85. The summed E-state index contributed by atoms with van der Waals surface area (Å²) in [6.45, 7) is 3.74. The van der Waals surface area contributed by atoms with E-state index in [0.717, 1.165) is 64.2 Å². The van der Waals surface area contributed by atoms with Gasteiger partial charge in [0, 0.05) is 12.8 Å². The minimum atomic E-state index is -4.61. The van der Waals surface area contributed by atoms with Gasteiger partial charge in [-0.3, -0.25) is 14.1 Å². The van der Waals surface area contributed by atoms with Crippen molar-refractivity contribution in [3.05, 3.63) is 48.6 Å². The number of ether oxygens (including phenoxy) is 4. The summed E-state index contributed by atoms with van der Waals surface area (Å²) in [5.41, 5.74) is 0. The highest BCUT2D eigenvalue weighted by atomic mass is 32.2. The number of aliphatic hydroxyl groups is 3. The summed E-state index contributed by atoms with van der Waals surface area (Å²) in [6, 6.07) is 0. The van der Waals surface area contributed by atoms with Crippen molar-refractivity contribution in [1.82, 2.24) is 0 Å². The lowest BCUT2D eigenvalue weighted by Crippen LogP contribution is -2.60. The van der Waals surface area contributed by atoms with Crippen molar-refractivity contribution < 1.29 is 56.8 Å². The molecule has 0 radical (unpaired) electrons. The van der Waals surface area contributed by atoms with Crippen LogP contribution in [0.1, 0.15) is 226 Å². The van der Waals surface area contributed by atoms with Crippen molar-refractivity contribution in [2.24, 2.45) is 0 Å². The zero-order valence-electron chi connectivity index (χ0n) is 42.0. The fraction of sp³-hybridized carbons (Fsp3) is 0.815. The summed E-state index contributed by atoms with van der Waals surface area (Å²) in [5, 5.41) is 31.0. The Kier molecular flexibility index (Phi) is 40.8. The molecule has 0 aliphatic carbocycles. The number of carbonyl (C=O) groups excluding carboxylic acids is 2. The third kappa shape index (κ3) is 38.1. The Labute approximate surface area is 407 Å². The number of allylic oxidation sites excluding steroid dienone is 8. The van der Waals surface area contributed by atoms with Gasteiger partial charge >= 0.3 is 11.9 Å². The van der Waals surface area contributed by atoms with E-state index in [9.17, 15) is 37.9 Å². The summed E-state index contributed by atoms with van der Waals surface area (Å²) in [5.74, 6) is -2.02. The van der Waals surface area contributed by atoms with Gasteiger partial charge in [0.05, 0.1) is 6.61 Å². The molecule has 4 N–H and O–H groups in total. The molecule has 1 saturated heterocycles. The molecule has 0 aromatic rings. The molecule has 390 valence electrons. The van der Waals surface area contributed by atoms with Crippen molar-refractivity contribution in [2.45, 2.75) is 263 Å². The molecular formula is C54H96O12S. The number of unbranched alkanes of at least 4 members (excludes halogenated alkanes) is 25. The number of carbonyl (C=O) groups is 2. The van der Waals surface area contributed by atoms with Gasteiger partial charge in [0.15, 0.2) is 12.4 Å². The summed E-state index contributed by atoms with van der Waals surface area (Å²) < 4.78 is 54.3. The van der Waals surface area contributed by atoms with Crippen molar-refractivity contribution in [2.75, 3.05) is 19.0 Å². The van der Waals surface area contributed by atoms with Crippen molar-refractivity contribution in [3.8, 4) is 0 Å². The predicted octanol–water partition coefficient (Wildman–Crippen LogP) is 12.3.